The van der Waals surface area contributed by atoms with Crippen LogP contribution in [-0.4, -0.2) is 21.6 Å². The fraction of sp³-hybridized carbons (Fsp3) is 0.143. The molecule has 0 unspecified atom stereocenters. The number of aryl methyl sites for hydroxylation is 1. The average molecular weight is 500 g/mol. The summed E-state index contributed by atoms with van der Waals surface area (Å²) in [5.74, 6) is -1.24. The number of amides is 2. The molecular formula is C28H24ClN4O3+. The van der Waals surface area contributed by atoms with Gasteiger partial charge in [-0.3, -0.25) is 19.5 Å². The first-order valence-electron chi connectivity index (χ1n) is 11.6. The van der Waals surface area contributed by atoms with Gasteiger partial charge in [-0.2, -0.15) is 4.57 Å². The smallest absolute Gasteiger partial charge is 0.294 e. The molecule has 1 N–H and O–H groups in total. The summed E-state index contributed by atoms with van der Waals surface area (Å²) in [6.45, 7) is 5.76. The molecule has 2 amide bonds. The summed E-state index contributed by atoms with van der Waals surface area (Å²) < 4.78 is 3.02. The van der Waals surface area contributed by atoms with Gasteiger partial charge >= 0.3 is 5.91 Å². The van der Waals surface area contributed by atoms with E-state index >= 15 is 0 Å². The fourth-order valence-corrected chi connectivity index (χ4v) is 4.62. The molecule has 0 bridgehead atoms. The number of aromatic nitrogens is 3. The van der Waals surface area contributed by atoms with E-state index in [4.69, 9.17) is 11.6 Å². The van der Waals surface area contributed by atoms with Gasteiger partial charge in [-0.15, -0.1) is 0 Å². The van der Waals surface area contributed by atoms with Crippen LogP contribution < -0.4 is 15.0 Å². The van der Waals surface area contributed by atoms with Crippen molar-refractivity contribution in [3.05, 3.63) is 111 Å². The van der Waals surface area contributed by atoms with E-state index in [-0.39, 0.29) is 22.8 Å². The molecule has 0 aliphatic carbocycles. The summed E-state index contributed by atoms with van der Waals surface area (Å²) in [6, 6.07) is 19.4. The van der Waals surface area contributed by atoms with E-state index in [1.165, 1.54) is 4.68 Å². The van der Waals surface area contributed by atoms with Gasteiger partial charge < -0.3 is 0 Å². The number of pyridine rings is 1. The lowest BCUT2D eigenvalue weighted by molar-refractivity contribution is -0.577. The highest BCUT2D eigenvalue weighted by molar-refractivity contribution is 6.53. The van der Waals surface area contributed by atoms with Crippen LogP contribution in [0.15, 0.2) is 83.9 Å². The van der Waals surface area contributed by atoms with Crippen LogP contribution in [0.4, 0.5) is 5.69 Å². The Kier molecular flexibility index (Phi) is 5.94. The SMILES string of the molecule is Cc1ccc[n+](C2=C(c3c(C(C)C)[nH]n(-c4ccccc4)c3=O)C(=O)N(c3cccc(Cl)c3)C2=O)c1. The number of halogens is 1. The number of aromatic amines is 1. The van der Waals surface area contributed by atoms with Crippen molar-refractivity contribution in [3.8, 4) is 5.69 Å². The maximum absolute atomic E-state index is 14.0. The quantitative estimate of drug-likeness (QED) is 0.325. The van der Waals surface area contributed by atoms with Crippen LogP contribution in [0.5, 0.6) is 0 Å². The number of benzene rings is 2. The standard InChI is InChI=1S/C28H23ClN4O3/c1-17(2)24-22(27(35)33(30-24)20-11-5-4-6-12-20)23-25(31-14-8-9-18(3)16-31)28(36)32(26(23)34)21-13-7-10-19(29)15-21/h4-17H,1-3H3/p+1. The van der Waals surface area contributed by atoms with Gasteiger partial charge in [0.15, 0.2) is 12.4 Å². The molecular weight excluding hydrogens is 476 g/mol. The minimum absolute atomic E-state index is 0.0511. The predicted molar refractivity (Wildman–Crippen MR) is 139 cm³/mol. The molecule has 0 spiro atoms. The van der Waals surface area contributed by atoms with Crippen LogP contribution in [0.2, 0.25) is 5.02 Å². The van der Waals surface area contributed by atoms with Crippen LogP contribution in [0, 0.1) is 6.92 Å². The molecule has 7 nitrogen and oxygen atoms in total. The van der Waals surface area contributed by atoms with E-state index in [0.29, 0.717) is 22.1 Å². The number of nitrogens with zero attached hydrogens (tertiary/aromatic N) is 3. The molecule has 0 atom stereocenters. The Bertz CT molecular complexity index is 1600. The Morgan fingerprint density at radius 3 is 2.28 bits per heavy atom. The number of anilines is 1. The number of H-pyrrole nitrogens is 1. The molecule has 1 aliphatic rings. The Hall–Kier alpha value is -4.23. The van der Waals surface area contributed by atoms with E-state index in [1.54, 1.807) is 59.4 Å². The summed E-state index contributed by atoms with van der Waals surface area (Å²) in [7, 11) is 0. The number of rotatable bonds is 5. The number of hydrogen-bond donors (Lipinski definition) is 1. The van der Waals surface area contributed by atoms with Crippen LogP contribution in [-0.2, 0) is 9.59 Å². The van der Waals surface area contributed by atoms with E-state index < -0.39 is 17.4 Å². The number of para-hydroxylation sites is 1. The third-order valence-electron chi connectivity index (χ3n) is 6.09. The molecule has 0 radical (unpaired) electrons. The zero-order chi connectivity index (χ0) is 25.6. The first-order valence-corrected chi connectivity index (χ1v) is 11.9. The zero-order valence-electron chi connectivity index (χ0n) is 20.0. The highest BCUT2D eigenvalue weighted by atomic mass is 35.5. The lowest BCUT2D eigenvalue weighted by atomic mass is 9.98. The lowest BCUT2D eigenvalue weighted by Gasteiger charge is -2.14. The molecule has 180 valence electrons. The summed E-state index contributed by atoms with van der Waals surface area (Å²) in [4.78, 5) is 42.8. The van der Waals surface area contributed by atoms with Crippen LogP contribution in [0.25, 0.3) is 17.0 Å². The van der Waals surface area contributed by atoms with Crippen LogP contribution in [0.3, 0.4) is 0 Å². The zero-order valence-corrected chi connectivity index (χ0v) is 20.8. The summed E-state index contributed by atoms with van der Waals surface area (Å²) in [5, 5.41) is 3.57. The van der Waals surface area contributed by atoms with Crippen molar-refractivity contribution in [3.63, 3.8) is 0 Å². The van der Waals surface area contributed by atoms with Gasteiger partial charge in [0.2, 0.25) is 0 Å². The van der Waals surface area contributed by atoms with Crippen LogP contribution in [0.1, 0.15) is 36.6 Å². The number of hydrogen-bond acceptors (Lipinski definition) is 3. The van der Waals surface area contributed by atoms with Gasteiger partial charge in [-0.1, -0.05) is 49.7 Å². The van der Waals surface area contributed by atoms with Crippen molar-refractivity contribution in [2.45, 2.75) is 26.7 Å². The molecule has 1 aliphatic heterocycles. The first-order chi connectivity index (χ1) is 17.3. The Morgan fingerprint density at radius 2 is 1.61 bits per heavy atom. The first kappa shape index (κ1) is 23.5. The van der Waals surface area contributed by atoms with E-state index in [2.05, 4.69) is 5.10 Å². The minimum Gasteiger partial charge on any atom is -0.294 e. The monoisotopic (exact) mass is 499 g/mol. The summed E-state index contributed by atoms with van der Waals surface area (Å²) in [6.07, 6.45) is 3.46. The Labute approximate surface area is 212 Å². The van der Waals surface area contributed by atoms with Crippen molar-refractivity contribution in [1.82, 2.24) is 9.78 Å². The second kappa shape index (κ2) is 9.09. The number of carbonyl (C=O) groups excluding carboxylic acids is 2. The molecule has 8 heteroatoms. The molecule has 0 fully saturated rings. The van der Waals surface area contributed by atoms with Crippen LogP contribution >= 0.6 is 11.6 Å². The van der Waals surface area contributed by atoms with Crippen molar-refractivity contribution >= 4 is 40.4 Å². The van der Waals surface area contributed by atoms with Gasteiger partial charge in [-0.25, -0.2) is 9.58 Å². The van der Waals surface area contributed by atoms with Gasteiger partial charge in [0.25, 0.3) is 17.2 Å². The molecule has 2 aromatic heterocycles. The van der Waals surface area contributed by atoms with Crippen molar-refractivity contribution in [2.75, 3.05) is 4.90 Å². The van der Waals surface area contributed by atoms with E-state index in [9.17, 15) is 14.4 Å². The van der Waals surface area contributed by atoms with E-state index in [0.717, 1.165) is 10.5 Å². The normalized spacial score (nSPS) is 13.9. The predicted octanol–water partition coefficient (Wildman–Crippen LogP) is 4.48. The highest BCUT2D eigenvalue weighted by Crippen LogP contribution is 2.35. The third-order valence-corrected chi connectivity index (χ3v) is 6.33. The Balaban J connectivity index is 1.82. The molecule has 0 saturated heterocycles. The third kappa shape index (κ3) is 3.87. The van der Waals surface area contributed by atoms with Gasteiger partial charge in [0.05, 0.1) is 16.9 Å². The maximum Gasteiger partial charge on any atom is 0.331 e. The topological polar surface area (TPSA) is 79.1 Å². The largest absolute Gasteiger partial charge is 0.331 e. The molecule has 2 aromatic carbocycles. The lowest BCUT2D eigenvalue weighted by Crippen LogP contribution is -2.39. The minimum atomic E-state index is -0.579. The second-order valence-corrected chi connectivity index (χ2v) is 9.41. The molecule has 4 aromatic rings. The van der Waals surface area contributed by atoms with Crippen molar-refractivity contribution in [2.24, 2.45) is 0 Å². The van der Waals surface area contributed by atoms with E-state index in [1.807, 2.05) is 45.0 Å². The average Bonchev–Trinajstić information content (AvgIpc) is 3.32. The van der Waals surface area contributed by atoms with Gasteiger partial charge in [0.1, 0.15) is 5.57 Å². The molecule has 3 heterocycles. The van der Waals surface area contributed by atoms with Crippen molar-refractivity contribution < 1.29 is 14.2 Å². The molecule has 0 saturated carbocycles. The fourth-order valence-electron chi connectivity index (χ4n) is 4.44. The van der Waals surface area contributed by atoms with Gasteiger partial charge in [-0.05, 0) is 49.2 Å². The summed E-state index contributed by atoms with van der Waals surface area (Å²) >= 11 is 6.18. The molecule has 36 heavy (non-hydrogen) atoms. The maximum atomic E-state index is 14.0. The summed E-state index contributed by atoms with van der Waals surface area (Å²) in [5.41, 5.74) is 2.37. The van der Waals surface area contributed by atoms with Crippen molar-refractivity contribution in [1.29, 1.82) is 0 Å². The number of carbonyl (C=O) groups is 2. The highest BCUT2D eigenvalue weighted by Gasteiger charge is 2.48. The second-order valence-electron chi connectivity index (χ2n) is 8.97. The molecule has 5 rings (SSSR count). The number of imide groups is 1. The Morgan fingerprint density at radius 1 is 0.889 bits per heavy atom. The number of nitrogens with one attached hydrogen (secondary N) is 1. The van der Waals surface area contributed by atoms with Gasteiger partial charge in [0, 0.05) is 22.3 Å².